The number of rotatable bonds is 4. The van der Waals surface area contributed by atoms with E-state index in [0.29, 0.717) is 0 Å². The summed E-state index contributed by atoms with van der Waals surface area (Å²) in [5.74, 6) is 3.86. The quantitative estimate of drug-likeness (QED) is 0.384. The van der Waals surface area contributed by atoms with Crippen LogP contribution in [0.25, 0.3) is 0 Å². The van der Waals surface area contributed by atoms with E-state index in [-0.39, 0.29) is 0 Å². The molecule has 0 nitrogen and oxygen atoms in total. The van der Waals surface area contributed by atoms with Crippen LogP contribution in [0.5, 0.6) is 0 Å². The molecule has 4 aliphatic heterocycles. The van der Waals surface area contributed by atoms with Crippen LogP contribution in [0.15, 0.2) is 25.4 Å². The molecule has 1 unspecified atom stereocenters. The number of unbranched alkanes of at least 4 members (excludes halogenated alkanes) is 2. The molecule has 8 heteroatoms. The Hall–Kier alpha value is 2.02. The summed E-state index contributed by atoms with van der Waals surface area (Å²) in [4.78, 5) is 0. The maximum absolute atomic E-state index is 2.30. The van der Waals surface area contributed by atoms with E-state index < -0.39 is 0 Å². The van der Waals surface area contributed by atoms with Crippen LogP contribution in [-0.4, -0.2) is 22.5 Å². The summed E-state index contributed by atoms with van der Waals surface area (Å²) in [6.45, 7) is 2.30. The molecule has 0 saturated carbocycles. The zero-order valence-corrected chi connectivity index (χ0v) is 19.3. The van der Waals surface area contributed by atoms with Crippen molar-refractivity contribution >= 4 is 94.1 Å². The van der Waals surface area contributed by atoms with Crippen molar-refractivity contribution in [2.24, 2.45) is 0 Å². The Morgan fingerprint density at radius 3 is 2.00 bits per heavy atom. The van der Waals surface area contributed by atoms with E-state index >= 15 is 0 Å². The van der Waals surface area contributed by atoms with Gasteiger partial charge in [0.25, 0.3) is 0 Å². The fourth-order valence-corrected chi connectivity index (χ4v) is 15.2. The Morgan fingerprint density at radius 1 is 0.739 bits per heavy atom. The summed E-state index contributed by atoms with van der Waals surface area (Å²) in [5.41, 5.74) is 0. The average Bonchev–Trinajstić information content (AvgIpc) is 3.18. The Morgan fingerprint density at radius 2 is 1.35 bits per heavy atom. The van der Waals surface area contributed by atoms with Gasteiger partial charge in [-0.05, 0) is 6.42 Å². The van der Waals surface area contributed by atoms with Gasteiger partial charge >= 0.3 is 0 Å². The molecule has 0 fully saturated rings. The topological polar surface area (TPSA) is 0 Å². The maximum Gasteiger partial charge on any atom is 0.0717 e. The van der Waals surface area contributed by atoms with Crippen LogP contribution < -0.4 is 0 Å². The van der Waals surface area contributed by atoms with Crippen molar-refractivity contribution in [2.45, 2.75) is 37.9 Å². The van der Waals surface area contributed by atoms with Gasteiger partial charge in [0.15, 0.2) is 0 Å². The van der Waals surface area contributed by atoms with E-state index in [0.717, 1.165) is 5.25 Å². The van der Waals surface area contributed by atoms with E-state index in [2.05, 4.69) is 65.7 Å². The molecule has 23 heavy (non-hydrogen) atoms. The fourth-order valence-electron chi connectivity index (χ4n) is 2.44. The zero-order valence-electron chi connectivity index (χ0n) is 12.8. The van der Waals surface area contributed by atoms with Gasteiger partial charge in [0.1, 0.15) is 0 Å². The van der Waals surface area contributed by atoms with Crippen molar-refractivity contribution in [3.63, 3.8) is 0 Å². The van der Waals surface area contributed by atoms with E-state index in [9.17, 15) is 0 Å². The third-order valence-corrected chi connectivity index (χ3v) is 16.0. The molecular weight excluding hydrogens is 437 g/mol. The molecule has 4 rings (SSSR count). The monoisotopic (exact) mass is 454 g/mol. The lowest BCUT2D eigenvalue weighted by Crippen LogP contribution is -2.09. The second kappa shape index (κ2) is 8.81. The van der Waals surface area contributed by atoms with E-state index in [1.54, 1.807) is 25.4 Å². The predicted octanol–water partition coefficient (Wildman–Crippen LogP) is 8.24. The fraction of sp³-hybridized carbons (Fsp3) is 0.600. The second-order valence-corrected chi connectivity index (χ2v) is 15.6. The first-order chi connectivity index (χ1) is 11.3. The van der Waals surface area contributed by atoms with Crippen LogP contribution in [0.2, 0.25) is 0 Å². The highest BCUT2D eigenvalue weighted by Gasteiger charge is 2.34. The van der Waals surface area contributed by atoms with Crippen molar-refractivity contribution in [1.29, 1.82) is 0 Å². The summed E-state index contributed by atoms with van der Waals surface area (Å²) < 4.78 is 9.41. The molecule has 0 saturated heterocycles. The van der Waals surface area contributed by atoms with Gasteiger partial charge in [0, 0.05) is 22.5 Å². The van der Waals surface area contributed by atoms with Crippen molar-refractivity contribution < 1.29 is 0 Å². The average molecular weight is 455 g/mol. The van der Waals surface area contributed by atoms with Crippen molar-refractivity contribution in [3.8, 4) is 0 Å². The maximum atomic E-state index is 2.30. The highest BCUT2D eigenvalue weighted by Crippen LogP contribution is 2.68. The first-order valence-electron chi connectivity index (χ1n) is 7.82. The SMILES string of the molecule is CCCCCC1CSC2=C(SC(=C3SC4=C(SCCS4)S3)S2)S1. The molecule has 4 aliphatic rings. The molecule has 0 amide bonds. The first-order valence-corrected chi connectivity index (χ1v) is 14.9. The van der Waals surface area contributed by atoms with Crippen molar-refractivity contribution in [3.05, 3.63) is 25.4 Å². The van der Waals surface area contributed by atoms with Gasteiger partial charge in [-0.2, -0.15) is 0 Å². The Labute approximate surface area is 173 Å². The number of thioether (sulfide) groups is 8. The molecule has 0 N–H and O–H groups in total. The molecule has 126 valence electrons. The molecule has 0 spiro atoms. The minimum absolute atomic E-state index is 0.837. The minimum Gasteiger partial charge on any atom is -0.116 e. The molecule has 0 aromatic rings. The molecule has 4 heterocycles. The zero-order chi connectivity index (χ0) is 15.6. The van der Waals surface area contributed by atoms with Gasteiger partial charge in [-0.15, -0.1) is 47.0 Å². The van der Waals surface area contributed by atoms with Gasteiger partial charge in [-0.3, -0.25) is 0 Å². The van der Waals surface area contributed by atoms with Gasteiger partial charge in [0.05, 0.1) is 25.4 Å². The predicted molar refractivity (Wildman–Crippen MR) is 124 cm³/mol. The normalized spacial score (nSPS) is 27.8. The summed E-state index contributed by atoms with van der Waals surface area (Å²) in [7, 11) is 0. The van der Waals surface area contributed by atoms with Crippen molar-refractivity contribution in [2.75, 3.05) is 17.3 Å². The molecule has 1 atom stereocenters. The standard InChI is InChI=1S/C15H18S8/c1-2-3-4-5-9-8-18-12-13(19-9)23-15(22-12)14-20-10-11(21-14)17-7-6-16-10/h9H,2-8H2,1H3. The molecule has 0 aliphatic carbocycles. The summed E-state index contributed by atoms with van der Waals surface area (Å²) in [6.07, 6.45) is 5.53. The van der Waals surface area contributed by atoms with Gasteiger partial charge in [-0.1, -0.05) is 73.2 Å². The second-order valence-electron chi connectivity index (χ2n) is 5.38. The summed E-state index contributed by atoms with van der Waals surface area (Å²) in [5, 5.41) is 0.837. The van der Waals surface area contributed by atoms with Crippen LogP contribution in [0.3, 0.4) is 0 Å². The Balaban J connectivity index is 1.37. The molecule has 0 bridgehead atoms. The van der Waals surface area contributed by atoms with Gasteiger partial charge in [-0.25, -0.2) is 0 Å². The Bertz CT molecular complexity index is 556. The molecular formula is C15H18S8. The van der Waals surface area contributed by atoms with Crippen LogP contribution in [-0.2, 0) is 0 Å². The third-order valence-electron chi connectivity index (χ3n) is 3.59. The van der Waals surface area contributed by atoms with Gasteiger partial charge in [0.2, 0.25) is 0 Å². The van der Waals surface area contributed by atoms with Crippen LogP contribution >= 0.6 is 94.1 Å². The minimum atomic E-state index is 0.837. The lowest BCUT2D eigenvalue weighted by Gasteiger charge is -2.21. The van der Waals surface area contributed by atoms with Crippen molar-refractivity contribution in [1.82, 2.24) is 0 Å². The van der Waals surface area contributed by atoms with Crippen LogP contribution in [0.4, 0.5) is 0 Å². The molecule has 0 aromatic carbocycles. The summed E-state index contributed by atoms with van der Waals surface area (Å²) >= 11 is 16.6. The Kier molecular flexibility index (Phi) is 7.04. The van der Waals surface area contributed by atoms with E-state index in [4.69, 9.17) is 0 Å². The van der Waals surface area contributed by atoms with Gasteiger partial charge < -0.3 is 0 Å². The summed E-state index contributed by atoms with van der Waals surface area (Å²) in [6, 6.07) is 0. The smallest absolute Gasteiger partial charge is 0.0717 e. The highest BCUT2D eigenvalue weighted by atomic mass is 32.3. The third kappa shape index (κ3) is 4.47. The van der Waals surface area contributed by atoms with Crippen LogP contribution in [0, 0.1) is 0 Å². The van der Waals surface area contributed by atoms with E-state index in [1.807, 2.05) is 35.3 Å². The first kappa shape index (κ1) is 18.4. The number of hydrogen-bond donors (Lipinski definition) is 0. The lowest BCUT2D eigenvalue weighted by molar-refractivity contribution is 0.668. The molecule has 0 aromatic heterocycles. The molecule has 0 radical (unpaired) electrons. The highest BCUT2D eigenvalue weighted by molar-refractivity contribution is 8.45. The van der Waals surface area contributed by atoms with E-state index in [1.165, 1.54) is 42.9 Å². The van der Waals surface area contributed by atoms with Crippen LogP contribution in [0.1, 0.15) is 32.6 Å². The lowest BCUT2D eigenvalue weighted by atomic mass is 10.2. The largest absolute Gasteiger partial charge is 0.116 e. The number of hydrogen-bond acceptors (Lipinski definition) is 8.